The van der Waals surface area contributed by atoms with Gasteiger partial charge in [-0.3, -0.25) is 14.5 Å². The molecule has 0 saturated carbocycles. The predicted molar refractivity (Wildman–Crippen MR) is 110 cm³/mol. The molecule has 1 aliphatic heterocycles. The van der Waals surface area contributed by atoms with Gasteiger partial charge in [0.15, 0.2) is 11.5 Å². The number of thiocarbonyl (C=S) groups is 1. The summed E-state index contributed by atoms with van der Waals surface area (Å²) in [7, 11) is 2.85. The maximum atomic E-state index is 12.5. The lowest BCUT2D eigenvalue weighted by molar-refractivity contribution is -0.143. The molecular weight excluding hydrogens is 386 g/mol. The average Bonchev–Trinajstić information content (AvgIpc) is 2.93. The van der Waals surface area contributed by atoms with Crippen LogP contribution in [0.15, 0.2) is 23.1 Å². The predicted octanol–water partition coefficient (Wildman–Crippen LogP) is 3.64. The summed E-state index contributed by atoms with van der Waals surface area (Å²) in [6, 6.07) is 5.48. The molecule has 1 saturated heterocycles. The molecule has 0 radical (unpaired) electrons. The van der Waals surface area contributed by atoms with Gasteiger partial charge in [0.1, 0.15) is 10.9 Å². The Bertz CT molecular complexity index is 748. The van der Waals surface area contributed by atoms with Crippen LogP contribution in [-0.2, 0) is 14.3 Å². The third-order valence-corrected chi connectivity index (χ3v) is 5.26. The molecule has 0 spiro atoms. The minimum Gasteiger partial charge on any atom is -0.493 e. The molecule has 146 valence electrons. The van der Waals surface area contributed by atoms with Gasteiger partial charge in [0.05, 0.1) is 25.7 Å². The molecule has 1 aliphatic rings. The number of methoxy groups -OCH3 is 2. The lowest BCUT2D eigenvalue weighted by Gasteiger charge is -2.12. The maximum absolute atomic E-state index is 12.5. The van der Waals surface area contributed by atoms with Crippen molar-refractivity contribution in [3.05, 3.63) is 28.7 Å². The van der Waals surface area contributed by atoms with E-state index in [1.54, 1.807) is 13.2 Å². The van der Waals surface area contributed by atoms with Crippen LogP contribution < -0.4 is 9.47 Å². The summed E-state index contributed by atoms with van der Waals surface area (Å²) < 4.78 is 16.1. The van der Waals surface area contributed by atoms with Crippen LogP contribution >= 0.6 is 24.0 Å². The summed E-state index contributed by atoms with van der Waals surface area (Å²) in [5.74, 6) is 0.447. The number of nitrogens with zero attached hydrogens (tertiary/aromatic N) is 1. The maximum Gasteiger partial charge on any atom is 0.325 e. The molecule has 1 aromatic rings. The van der Waals surface area contributed by atoms with E-state index in [0.717, 1.165) is 36.6 Å². The van der Waals surface area contributed by atoms with Crippen molar-refractivity contribution in [1.82, 2.24) is 4.90 Å². The van der Waals surface area contributed by atoms with Crippen molar-refractivity contribution in [2.24, 2.45) is 0 Å². The fraction of sp³-hybridized carbons (Fsp3) is 0.421. The Morgan fingerprint density at radius 2 is 2.04 bits per heavy atom. The second-order valence-electron chi connectivity index (χ2n) is 5.81. The number of amides is 1. The van der Waals surface area contributed by atoms with Crippen LogP contribution in [-0.4, -0.2) is 48.5 Å². The highest BCUT2D eigenvalue weighted by Crippen LogP contribution is 2.34. The van der Waals surface area contributed by atoms with Gasteiger partial charge in [0.25, 0.3) is 5.91 Å². The lowest BCUT2D eigenvalue weighted by atomic mass is 10.2. The van der Waals surface area contributed by atoms with Crippen LogP contribution in [0, 0.1) is 0 Å². The fourth-order valence-corrected chi connectivity index (χ4v) is 3.66. The summed E-state index contributed by atoms with van der Waals surface area (Å²) in [6.07, 6.45) is 4.96. The number of carbonyl (C=O) groups is 2. The first-order valence-electron chi connectivity index (χ1n) is 8.63. The van der Waals surface area contributed by atoms with Crippen LogP contribution in [0.5, 0.6) is 11.5 Å². The quantitative estimate of drug-likeness (QED) is 0.267. The molecule has 0 bridgehead atoms. The molecule has 2 rings (SSSR count). The molecule has 1 amide bonds. The van der Waals surface area contributed by atoms with Crippen molar-refractivity contribution in [3.63, 3.8) is 0 Å². The van der Waals surface area contributed by atoms with Crippen molar-refractivity contribution < 1.29 is 23.8 Å². The van der Waals surface area contributed by atoms with E-state index in [0.29, 0.717) is 27.3 Å². The van der Waals surface area contributed by atoms with Gasteiger partial charge in [0, 0.05) is 0 Å². The molecule has 0 N–H and O–H groups in total. The Morgan fingerprint density at radius 3 is 2.70 bits per heavy atom. The number of unbranched alkanes of at least 4 members (excludes halogenated alkanes) is 2. The average molecular weight is 410 g/mol. The van der Waals surface area contributed by atoms with Crippen molar-refractivity contribution in [2.75, 3.05) is 27.4 Å². The van der Waals surface area contributed by atoms with Crippen LogP contribution in [0.2, 0.25) is 0 Å². The Morgan fingerprint density at radius 1 is 1.26 bits per heavy atom. The molecule has 0 unspecified atom stereocenters. The van der Waals surface area contributed by atoms with Gasteiger partial charge in [-0.15, -0.1) is 0 Å². The number of esters is 1. The number of rotatable bonds is 9. The molecule has 1 aromatic carbocycles. The van der Waals surface area contributed by atoms with E-state index in [9.17, 15) is 9.59 Å². The van der Waals surface area contributed by atoms with Gasteiger partial charge in [-0.1, -0.05) is 49.8 Å². The topological polar surface area (TPSA) is 65.1 Å². The van der Waals surface area contributed by atoms with Gasteiger partial charge in [-0.2, -0.15) is 0 Å². The summed E-state index contributed by atoms with van der Waals surface area (Å²) in [5, 5.41) is 0. The first-order valence-corrected chi connectivity index (χ1v) is 9.85. The zero-order valence-corrected chi connectivity index (χ0v) is 17.3. The number of ether oxygens (including phenoxy) is 3. The molecule has 0 atom stereocenters. The fourth-order valence-electron chi connectivity index (χ4n) is 2.41. The Kier molecular flexibility index (Phi) is 8.12. The second kappa shape index (κ2) is 10.3. The summed E-state index contributed by atoms with van der Waals surface area (Å²) in [5.41, 5.74) is 0.784. The minimum atomic E-state index is -0.515. The van der Waals surface area contributed by atoms with Crippen molar-refractivity contribution in [1.29, 1.82) is 0 Å². The van der Waals surface area contributed by atoms with E-state index in [1.807, 2.05) is 18.2 Å². The zero-order chi connectivity index (χ0) is 19.8. The largest absolute Gasteiger partial charge is 0.493 e. The summed E-state index contributed by atoms with van der Waals surface area (Å²) in [4.78, 5) is 25.6. The Labute approximate surface area is 168 Å². The number of hydrogen-bond acceptors (Lipinski definition) is 7. The molecule has 27 heavy (non-hydrogen) atoms. The first-order chi connectivity index (χ1) is 13.0. The lowest BCUT2D eigenvalue weighted by Crippen LogP contribution is -2.33. The van der Waals surface area contributed by atoms with E-state index >= 15 is 0 Å². The zero-order valence-electron chi connectivity index (χ0n) is 15.6. The van der Waals surface area contributed by atoms with E-state index in [-0.39, 0.29) is 12.5 Å². The minimum absolute atomic E-state index is 0.188. The van der Waals surface area contributed by atoms with E-state index in [1.165, 1.54) is 12.0 Å². The van der Waals surface area contributed by atoms with Gasteiger partial charge >= 0.3 is 5.97 Å². The third kappa shape index (κ3) is 5.71. The van der Waals surface area contributed by atoms with Gasteiger partial charge < -0.3 is 14.2 Å². The molecule has 1 heterocycles. The molecule has 0 aromatic heterocycles. The van der Waals surface area contributed by atoms with Crippen LogP contribution in [0.4, 0.5) is 0 Å². The molecule has 0 aliphatic carbocycles. The van der Waals surface area contributed by atoms with Crippen molar-refractivity contribution in [2.45, 2.75) is 26.2 Å². The third-order valence-electron chi connectivity index (χ3n) is 3.88. The SMILES string of the molecule is CCCCCOc1ccc(C=C2SC(=S)N(CC(=O)OC)C2=O)cc1OC. The van der Waals surface area contributed by atoms with E-state index < -0.39 is 5.97 Å². The smallest absolute Gasteiger partial charge is 0.325 e. The second-order valence-corrected chi connectivity index (χ2v) is 7.49. The van der Waals surface area contributed by atoms with Crippen molar-refractivity contribution in [3.8, 4) is 11.5 Å². The Hall–Kier alpha value is -2.06. The van der Waals surface area contributed by atoms with Gasteiger partial charge in [-0.05, 0) is 30.2 Å². The number of benzene rings is 1. The highest BCUT2D eigenvalue weighted by molar-refractivity contribution is 8.26. The monoisotopic (exact) mass is 409 g/mol. The molecule has 8 heteroatoms. The van der Waals surface area contributed by atoms with Crippen LogP contribution in [0.1, 0.15) is 31.7 Å². The molecule has 6 nitrogen and oxygen atoms in total. The number of hydrogen-bond donors (Lipinski definition) is 0. The number of thioether (sulfide) groups is 1. The summed E-state index contributed by atoms with van der Waals surface area (Å²) in [6.45, 7) is 2.59. The van der Waals surface area contributed by atoms with Crippen molar-refractivity contribution >= 4 is 46.3 Å². The Balaban J connectivity index is 2.13. The first kappa shape index (κ1) is 21.2. The standard InChI is InChI=1S/C19H23NO5S2/c1-4-5-6-9-25-14-8-7-13(10-15(14)23-2)11-16-18(22)20(19(26)27-16)12-17(21)24-3/h7-8,10-11H,4-6,9,12H2,1-3H3. The van der Waals surface area contributed by atoms with Crippen LogP contribution in [0.25, 0.3) is 6.08 Å². The van der Waals surface area contributed by atoms with E-state index in [2.05, 4.69) is 11.7 Å². The molecule has 1 fully saturated rings. The number of carbonyl (C=O) groups excluding carboxylic acids is 2. The van der Waals surface area contributed by atoms with Gasteiger partial charge in [-0.25, -0.2) is 0 Å². The van der Waals surface area contributed by atoms with Gasteiger partial charge in [0.2, 0.25) is 0 Å². The van der Waals surface area contributed by atoms with E-state index in [4.69, 9.17) is 21.7 Å². The highest BCUT2D eigenvalue weighted by Gasteiger charge is 2.33. The normalized spacial score (nSPS) is 15.4. The highest BCUT2D eigenvalue weighted by atomic mass is 32.2. The molecular formula is C19H23NO5S2. The van der Waals surface area contributed by atoms with Crippen LogP contribution in [0.3, 0.4) is 0 Å². The summed E-state index contributed by atoms with van der Waals surface area (Å²) >= 11 is 6.35.